The SMILES string of the molecule is C=C(C)COC(=O)C1CCCN(S(=O)(=O)c2ccc(OC)cc2)C1. The maximum absolute atomic E-state index is 12.7. The summed E-state index contributed by atoms with van der Waals surface area (Å²) in [6.07, 6.45) is 1.26. The molecule has 1 heterocycles. The topological polar surface area (TPSA) is 72.9 Å². The molecular weight excluding hydrogens is 330 g/mol. The van der Waals surface area contributed by atoms with Crippen LogP contribution in [-0.4, -0.2) is 45.5 Å². The summed E-state index contributed by atoms with van der Waals surface area (Å²) in [5, 5.41) is 0. The minimum Gasteiger partial charge on any atom is -0.497 e. The molecule has 1 aliphatic rings. The Hall–Kier alpha value is -1.86. The predicted molar refractivity (Wildman–Crippen MR) is 90.2 cm³/mol. The fourth-order valence-corrected chi connectivity index (χ4v) is 4.09. The lowest BCUT2D eigenvalue weighted by Crippen LogP contribution is -2.42. The third-order valence-electron chi connectivity index (χ3n) is 3.88. The summed E-state index contributed by atoms with van der Waals surface area (Å²) in [5.41, 5.74) is 0.752. The first-order valence-electron chi connectivity index (χ1n) is 7.80. The zero-order valence-electron chi connectivity index (χ0n) is 14.0. The number of carbonyl (C=O) groups excluding carboxylic acids is 1. The molecule has 0 bridgehead atoms. The highest BCUT2D eigenvalue weighted by Crippen LogP contribution is 2.25. The number of esters is 1. The molecule has 1 fully saturated rings. The van der Waals surface area contributed by atoms with Crippen molar-refractivity contribution in [3.63, 3.8) is 0 Å². The monoisotopic (exact) mass is 353 g/mol. The molecule has 6 nitrogen and oxygen atoms in total. The largest absolute Gasteiger partial charge is 0.497 e. The zero-order valence-corrected chi connectivity index (χ0v) is 14.8. The van der Waals surface area contributed by atoms with Crippen LogP contribution in [0, 0.1) is 5.92 Å². The van der Waals surface area contributed by atoms with Gasteiger partial charge in [-0.25, -0.2) is 8.42 Å². The van der Waals surface area contributed by atoms with Gasteiger partial charge in [0, 0.05) is 13.1 Å². The van der Waals surface area contributed by atoms with Gasteiger partial charge in [-0.1, -0.05) is 6.58 Å². The summed E-state index contributed by atoms with van der Waals surface area (Å²) in [5.74, 6) is -0.215. The van der Waals surface area contributed by atoms with Gasteiger partial charge in [0.15, 0.2) is 0 Å². The molecule has 24 heavy (non-hydrogen) atoms. The molecule has 2 rings (SSSR count). The highest BCUT2D eigenvalue weighted by Gasteiger charge is 2.34. The molecule has 0 spiro atoms. The number of nitrogens with zero attached hydrogens (tertiary/aromatic N) is 1. The van der Waals surface area contributed by atoms with E-state index in [9.17, 15) is 13.2 Å². The van der Waals surface area contributed by atoms with Gasteiger partial charge in [0.05, 0.1) is 17.9 Å². The number of hydrogen-bond acceptors (Lipinski definition) is 5. The number of hydrogen-bond donors (Lipinski definition) is 0. The molecule has 132 valence electrons. The van der Waals surface area contributed by atoms with Crippen LogP contribution in [-0.2, 0) is 19.6 Å². The Bertz CT molecular complexity index is 696. The van der Waals surface area contributed by atoms with Gasteiger partial charge in [0.1, 0.15) is 12.4 Å². The Balaban J connectivity index is 2.09. The molecule has 0 aliphatic carbocycles. The zero-order chi connectivity index (χ0) is 17.7. The van der Waals surface area contributed by atoms with Gasteiger partial charge in [0.2, 0.25) is 10.0 Å². The van der Waals surface area contributed by atoms with Crippen LogP contribution in [0.4, 0.5) is 0 Å². The summed E-state index contributed by atoms with van der Waals surface area (Å²) in [6, 6.07) is 6.24. The summed E-state index contributed by atoms with van der Waals surface area (Å²) >= 11 is 0. The lowest BCUT2D eigenvalue weighted by molar-refractivity contribution is -0.148. The van der Waals surface area contributed by atoms with Crippen molar-refractivity contribution >= 4 is 16.0 Å². The summed E-state index contributed by atoms with van der Waals surface area (Å²) in [4.78, 5) is 12.3. The average Bonchev–Trinajstić information content (AvgIpc) is 2.59. The highest BCUT2D eigenvalue weighted by molar-refractivity contribution is 7.89. The van der Waals surface area contributed by atoms with Crippen LogP contribution >= 0.6 is 0 Å². The first kappa shape index (κ1) is 18.5. The molecule has 0 N–H and O–H groups in total. The minimum absolute atomic E-state index is 0.142. The number of carbonyl (C=O) groups is 1. The Morgan fingerprint density at radius 2 is 2.00 bits per heavy atom. The molecule has 1 unspecified atom stereocenters. The van der Waals surface area contributed by atoms with Gasteiger partial charge in [-0.05, 0) is 49.6 Å². The normalized spacial score (nSPS) is 18.8. The molecular formula is C17H23NO5S. The Labute approximate surface area is 143 Å². The smallest absolute Gasteiger partial charge is 0.310 e. The lowest BCUT2D eigenvalue weighted by atomic mass is 10.00. The Morgan fingerprint density at radius 3 is 2.58 bits per heavy atom. The van der Waals surface area contributed by atoms with Crippen molar-refractivity contribution in [1.29, 1.82) is 0 Å². The first-order valence-corrected chi connectivity index (χ1v) is 9.24. The molecule has 0 saturated carbocycles. The van der Waals surface area contributed by atoms with Crippen LogP contribution in [0.1, 0.15) is 19.8 Å². The van der Waals surface area contributed by atoms with E-state index in [4.69, 9.17) is 9.47 Å². The fourth-order valence-electron chi connectivity index (χ4n) is 2.56. The van der Waals surface area contributed by atoms with Gasteiger partial charge in [-0.3, -0.25) is 4.79 Å². The molecule has 1 aliphatic heterocycles. The number of methoxy groups -OCH3 is 1. The lowest BCUT2D eigenvalue weighted by Gasteiger charge is -2.30. The van der Waals surface area contributed by atoms with Gasteiger partial charge in [0.25, 0.3) is 0 Å². The number of ether oxygens (including phenoxy) is 2. The van der Waals surface area contributed by atoms with Gasteiger partial charge in [-0.2, -0.15) is 4.31 Å². The van der Waals surface area contributed by atoms with E-state index in [0.717, 1.165) is 5.57 Å². The van der Waals surface area contributed by atoms with Crippen molar-refractivity contribution < 1.29 is 22.7 Å². The van der Waals surface area contributed by atoms with E-state index in [2.05, 4.69) is 6.58 Å². The quantitative estimate of drug-likeness (QED) is 0.579. The van der Waals surface area contributed by atoms with E-state index in [-0.39, 0.29) is 24.0 Å². The number of sulfonamides is 1. The number of piperidine rings is 1. The second-order valence-electron chi connectivity index (χ2n) is 5.94. The molecule has 1 atom stereocenters. The Morgan fingerprint density at radius 1 is 1.33 bits per heavy atom. The maximum atomic E-state index is 12.7. The summed E-state index contributed by atoms with van der Waals surface area (Å²) in [7, 11) is -2.11. The summed E-state index contributed by atoms with van der Waals surface area (Å²) < 4.78 is 37.0. The first-order chi connectivity index (χ1) is 11.3. The molecule has 0 aromatic heterocycles. The van der Waals surface area contributed by atoms with Crippen LogP contribution in [0.15, 0.2) is 41.3 Å². The van der Waals surface area contributed by atoms with Gasteiger partial charge < -0.3 is 9.47 Å². The molecule has 1 aromatic rings. The number of rotatable bonds is 6. The predicted octanol–water partition coefficient (Wildman–Crippen LogP) is 2.22. The van der Waals surface area contributed by atoms with Crippen molar-refractivity contribution in [2.24, 2.45) is 5.92 Å². The van der Waals surface area contributed by atoms with Crippen LogP contribution in [0.3, 0.4) is 0 Å². The van der Waals surface area contributed by atoms with E-state index < -0.39 is 15.9 Å². The maximum Gasteiger partial charge on any atom is 0.310 e. The van der Waals surface area contributed by atoms with E-state index in [1.165, 1.54) is 23.5 Å². The second-order valence-corrected chi connectivity index (χ2v) is 7.88. The van der Waals surface area contributed by atoms with Gasteiger partial charge >= 0.3 is 5.97 Å². The van der Waals surface area contributed by atoms with Crippen LogP contribution < -0.4 is 4.74 Å². The molecule has 1 saturated heterocycles. The van der Waals surface area contributed by atoms with Crippen molar-refractivity contribution in [2.45, 2.75) is 24.7 Å². The average molecular weight is 353 g/mol. The standard InChI is InChI=1S/C17H23NO5S/c1-13(2)12-23-17(19)14-5-4-10-18(11-14)24(20,21)16-8-6-15(22-3)7-9-16/h6-9,14H,1,4-5,10-12H2,2-3H3. The second kappa shape index (κ2) is 7.81. The van der Waals surface area contributed by atoms with E-state index in [0.29, 0.717) is 25.1 Å². The van der Waals surface area contributed by atoms with Crippen LogP contribution in [0.25, 0.3) is 0 Å². The van der Waals surface area contributed by atoms with E-state index in [1.807, 2.05) is 0 Å². The van der Waals surface area contributed by atoms with E-state index in [1.54, 1.807) is 19.1 Å². The van der Waals surface area contributed by atoms with Crippen LogP contribution in [0.5, 0.6) is 5.75 Å². The molecule has 1 aromatic carbocycles. The summed E-state index contributed by atoms with van der Waals surface area (Å²) in [6.45, 7) is 6.17. The Kier molecular flexibility index (Phi) is 6.01. The fraction of sp³-hybridized carbons (Fsp3) is 0.471. The molecule has 0 amide bonds. The molecule has 0 radical (unpaired) electrons. The third-order valence-corrected chi connectivity index (χ3v) is 5.75. The van der Waals surface area contributed by atoms with Crippen molar-refractivity contribution in [2.75, 3.05) is 26.8 Å². The van der Waals surface area contributed by atoms with Crippen LogP contribution in [0.2, 0.25) is 0 Å². The van der Waals surface area contributed by atoms with E-state index >= 15 is 0 Å². The number of benzene rings is 1. The van der Waals surface area contributed by atoms with Crippen molar-refractivity contribution in [3.05, 3.63) is 36.4 Å². The van der Waals surface area contributed by atoms with Gasteiger partial charge in [-0.15, -0.1) is 0 Å². The highest BCUT2D eigenvalue weighted by atomic mass is 32.2. The van der Waals surface area contributed by atoms with Crippen molar-refractivity contribution in [3.8, 4) is 5.75 Å². The van der Waals surface area contributed by atoms with Crippen molar-refractivity contribution in [1.82, 2.24) is 4.31 Å². The minimum atomic E-state index is -3.63. The molecule has 7 heteroatoms. The third kappa shape index (κ3) is 4.36.